The highest BCUT2D eigenvalue weighted by Crippen LogP contribution is 2.19. The molecular weight excluding hydrogens is 264 g/mol. The monoisotopic (exact) mass is 284 g/mol. The van der Waals surface area contributed by atoms with E-state index in [4.69, 9.17) is 4.74 Å². The second kappa shape index (κ2) is 6.88. The molecule has 0 unspecified atom stereocenters. The van der Waals surface area contributed by atoms with E-state index in [0.29, 0.717) is 12.2 Å². The Morgan fingerprint density at radius 2 is 2.05 bits per heavy atom. The first-order valence-electron chi connectivity index (χ1n) is 6.95. The lowest BCUT2D eigenvalue weighted by molar-refractivity contribution is 0.0949. The van der Waals surface area contributed by atoms with E-state index < -0.39 is 0 Å². The van der Waals surface area contributed by atoms with E-state index in [-0.39, 0.29) is 5.91 Å². The maximum Gasteiger partial charge on any atom is 0.269 e. The van der Waals surface area contributed by atoms with E-state index in [1.807, 2.05) is 38.1 Å². The molecule has 0 radical (unpaired) electrons. The summed E-state index contributed by atoms with van der Waals surface area (Å²) in [7, 11) is 1.66. The Hall–Kier alpha value is -2.36. The van der Waals surface area contributed by atoms with Gasteiger partial charge in [-0.05, 0) is 44.0 Å². The summed E-state index contributed by atoms with van der Waals surface area (Å²) in [6.07, 6.45) is 0.725. The van der Waals surface area contributed by atoms with Crippen molar-refractivity contribution in [1.29, 1.82) is 0 Å². The number of hydrogen-bond donors (Lipinski definition) is 1. The van der Waals surface area contributed by atoms with Gasteiger partial charge < -0.3 is 10.1 Å². The van der Waals surface area contributed by atoms with Crippen molar-refractivity contribution < 1.29 is 9.53 Å². The standard InChI is InChI=1S/C17H20N2O2/c1-12-7-8-16(21-3)14(11-12)9-10-18-17(20)15-6-4-5-13(2)19-15/h4-8,11H,9-10H2,1-3H3,(H,18,20). The fraction of sp³-hybridized carbons (Fsp3) is 0.294. The first kappa shape index (κ1) is 15.0. The zero-order valence-corrected chi connectivity index (χ0v) is 12.6. The zero-order chi connectivity index (χ0) is 15.2. The van der Waals surface area contributed by atoms with Crippen molar-refractivity contribution in [2.45, 2.75) is 20.3 Å². The van der Waals surface area contributed by atoms with Gasteiger partial charge in [0.2, 0.25) is 0 Å². The number of aromatic nitrogens is 1. The molecule has 0 aliphatic carbocycles. The maximum absolute atomic E-state index is 12.0. The van der Waals surface area contributed by atoms with Crippen molar-refractivity contribution >= 4 is 5.91 Å². The van der Waals surface area contributed by atoms with Crippen LogP contribution in [0.15, 0.2) is 36.4 Å². The van der Waals surface area contributed by atoms with Crippen molar-refractivity contribution in [3.8, 4) is 5.75 Å². The first-order valence-corrected chi connectivity index (χ1v) is 6.95. The number of hydrogen-bond acceptors (Lipinski definition) is 3. The van der Waals surface area contributed by atoms with Gasteiger partial charge in [-0.3, -0.25) is 4.79 Å². The van der Waals surface area contributed by atoms with Crippen LogP contribution in [0.2, 0.25) is 0 Å². The van der Waals surface area contributed by atoms with Gasteiger partial charge in [-0.15, -0.1) is 0 Å². The molecule has 1 N–H and O–H groups in total. The molecule has 2 aromatic rings. The molecule has 0 saturated heterocycles. The lowest BCUT2D eigenvalue weighted by Crippen LogP contribution is -2.26. The topological polar surface area (TPSA) is 51.2 Å². The number of amides is 1. The Bertz CT molecular complexity index is 638. The van der Waals surface area contributed by atoms with Crippen LogP contribution in [0.3, 0.4) is 0 Å². The van der Waals surface area contributed by atoms with Crippen LogP contribution < -0.4 is 10.1 Å². The molecule has 0 aliphatic rings. The van der Waals surface area contributed by atoms with Gasteiger partial charge in [0.25, 0.3) is 5.91 Å². The van der Waals surface area contributed by atoms with E-state index in [9.17, 15) is 4.79 Å². The smallest absolute Gasteiger partial charge is 0.269 e. The summed E-state index contributed by atoms with van der Waals surface area (Å²) in [5.74, 6) is 0.703. The van der Waals surface area contributed by atoms with Crippen LogP contribution >= 0.6 is 0 Å². The summed E-state index contributed by atoms with van der Waals surface area (Å²) >= 11 is 0. The van der Waals surface area contributed by atoms with Gasteiger partial charge in [-0.25, -0.2) is 4.98 Å². The maximum atomic E-state index is 12.0. The van der Waals surface area contributed by atoms with Gasteiger partial charge in [0, 0.05) is 12.2 Å². The van der Waals surface area contributed by atoms with Crippen LogP contribution in [-0.2, 0) is 6.42 Å². The van der Waals surface area contributed by atoms with E-state index in [1.165, 1.54) is 5.56 Å². The third kappa shape index (κ3) is 4.05. The number of aryl methyl sites for hydroxylation is 2. The molecular formula is C17H20N2O2. The van der Waals surface area contributed by atoms with Crippen LogP contribution in [-0.4, -0.2) is 24.5 Å². The number of carbonyl (C=O) groups excluding carboxylic acids is 1. The number of benzene rings is 1. The fourth-order valence-corrected chi connectivity index (χ4v) is 2.17. The number of carbonyl (C=O) groups is 1. The van der Waals surface area contributed by atoms with Crippen LogP contribution in [0.1, 0.15) is 27.3 Å². The quantitative estimate of drug-likeness (QED) is 0.918. The normalized spacial score (nSPS) is 10.2. The van der Waals surface area contributed by atoms with Crippen molar-refractivity contribution in [1.82, 2.24) is 10.3 Å². The van der Waals surface area contributed by atoms with Crippen molar-refractivity contribution in [2.75, 3.05) is 13.7 Å². The summed E-state index contributed by atoms with van der Waals surface area (Å²) in [5, 5.41) is 2.89. The Morgan fingerprint density at radius 3 is 2.76 bits per heavy atom. The van der Waals surface area contributed by atoms with Gasteiger partial charge in [-0.1, -0.05) is 23.8 Å². The van der Waals surface area contributed by atoms with E-state index in [0.717, 1.165) is 23.4 Å². The first-order chi connectivity index (χ1) is 10.1. The van der Waals surface area contributed by atoms with Crippen molar-refractivity contribution in [3.05, 3.63) is 58.9 Å². The second-order valence-corrected chi connectivity index (χ2v) is 4.99. The average Bonchev–Trinajstić information content (AvgIpc) is 2.47. The minimum atomic E-state index is -0.148. The zero-order valence-electron chi connectivity index (χ0n) is 12.6. The molecule has 0 atom stereocenters. The molecule has 21 heavy (non-hydrogen) atoms. The number of pyridine rings is 1. The molecule has 1 amide bonds. The van der Waals surface area contributed by atoms with E-state index in [1.54, 1.807) is 13.2 Å². The molecule has 4 nitrogen and oxygen atoms in total. The summed E-state index contributed by atoms with van der Waals surface area (Å²) in [4.78, 5) is 16.2. The second-order valence-electron chi connectivity index (χ2n) is 4.99. The van der Waals surface area contributed by atoms with Crippen LogP contribution in [0.25, 0.3) is 0 Å². The van der Waals surface area contributed by atoms with E-state index in [2.05, 4.69) is 16.4 Å². The number of nitrogens with zero attached hydrogens (tertiary/aromatic N) is 1. The number of nitrogens with one attached hydrogen (secondary N) is 1. The molecule has 4 heteroatoms. The highest BCUT2D eigenvalue weighted by atomic mass is 16.5. The molecule has 1 heterocycles. The van der Waals surface area contributed by atoms with Crippen LogP contribution in [0.5, 0.6) is 5.75 Å². The third-order valence-electron chi connectivity index (χ3n) is 3.24. The summed E-state index contributed by atoms with van der Waals surface area (Å²) in [6, 6.07) is 11.5. The molecule has 0 fully saturated rings. The molecule has 1 aromatic carbocycles. The molecule has 0 saturated carbocycles. The van der Waals surface area contributed by atoms with Crippen molar-refractivity contribution in [2.24, 2.45) is 0 Å². The molecule has 110 valence electrons. The molecule has 1 aromatic heterocycles. The molecule has 0 aliphatic heterocycles. The van der Waals surface area contributed by atoms with Gasteiger partial charge >= 0.3 is 0 Å². The summed E-state index contributed by atoms with van der Waals surface area (Å²) in [6.45, 7) is 4.46. The highest BCUT2D eigenvalue weighted by molar-refractivity contribution is 5.92. The lowest BCUT2D eigenvalue weighted by Gasteiger charge is -2.10. The van der Waals surface area contributed by atoms with Gasteiger partial charge in [0.1, 0.15) is 11.4 Å². The highest BCUT2D eigenvalue weighted by Gasteiger charge is 2.08. The summed E-state index contributed by atoms with van der Waals surface area (Å²) < 4.78 is 5.33. The van der Waals surface area contributed by atoms with Crippen molar-refractivity contribution in [3.63, 3.8) is 0 Å². The summed E-state index contributed by atoms with van der Waals surface area (Å²) in [5.41, 5.74) is 3.56. The lowest BCUT2D eigenvalue weighted by atomic mass is 10.1. The van der Waals surface area contributed by atoms with E-state index >= 15 is 0 Å². The number of rotatable bonds is 5. The predicted octanol–water partition coefficient (Wildman–Crippen LogP) is 2.68. The third-order valence-corrected chi connectivity index (χ3v) is 3.24. The van der Waals surface area contributed by atoms with Gasteiger partial charge in [-0.2, -0.15) is 0 Å². The minimum Gasteiger partial charge on any atom is -0.496 e. The largest absolute Gasteiger partial charge is 0.496 e. The van der Waals surface area contributed by atoms with Crippen LogP contribution in [0, 0.1) is 13.8 Å². The molecule has 0 spiro atoms. The SMILES string of the molecule is COc1ccc(C)cc1CCNC(=O)c1cccc(C)n1. The van der Waals surface area contributed by atoms with Gasteiger partial charge in [0.15, 0.2) is 0 Å². The Labute approximate surface area is 125 Å². The predicted molar refractivity (Wildman–Crippen MR) is 82.7 cm³/mol. The average molecular weight is 284 g/mol. The Balaban J connectivity index is 1.95. The fourth-order valence-electron chi connectivity index (χ4n) is 2.17. The van der Waals surface area contributed by atoms with Crippen LogP contribution in [0.4, 0.5) is 0 Å². The number of ether oxygens (including phenoxy) is 1. The number of methoxy groups -OCH3 is 1. The Kier molecular flexibility index (Phi) is 4.93. The Morgan fingerprint density at radius 1 is 1.24 bits per heavy atom. The molecule has 2 rings (SSSR count). The van der Waals surface area contributed by atoms with Gasteiger partial charge in [0.05, 0.1) is 7.11 Å². The minimum absolute atomic E-state index is 0.148. The molecule has 0 bridgehead atoms.